The molecule has 2 heterocycles. The van der Waals surface area contributed by atoms with Crippen molar-refractivity contribution in [2.45, 2.75) is 33.1 Å². The van der Waals surface area contributed by atoms with Crippen molar-refractivity contribution in [2.75, 3.05) is 51.6 Å². The van der Waals surface area contributed by atoms with Crippen LogP contribution in [0.2, 0.25) is 0 Å². The lowest BCUT2D eigenvalue weighted by Gasteiger charge is -2.32. The molecule has 0 unspecified atom stereocenters. The van der Waals surface area contributed by atoms with Gasteiger partial charge in [0.25, 0.3) is 5.91 Å². The summed E-state index contributed by atoms with van der Waals surface area (Å²) in [5.74, 6) is -1.05. The van der Waals surface area contributed by atoms with Crippen molar-refractivity contribution in [3.05, 3.63) is 23.4 Å². The van der Waals surface area contributed by atoms with Crippen molar-refractivity contribution in [2.24, 2.45) is 0 Å². The van der Waals surface area contributed by atoms with Crippen molar-refractivity contribution in [3.8, 4) is 22.8 Å². The molecule has 1 aromatic carbocycles. The Morgan fingerprint density at radius 3 is 2.48 bits per heavy atom. The molecule has 0 bridgehead atoms. The van der Waals surface area contributed by atoms with Crippen LogP contribution >= 0.6 is 0 Å². The van der Waals surface area contributed by atoms with Gasteiger partial charge in [0.15, 0.2) is 11.5 Å². The predicted molar refractivity (Wildman–Crippen MR) is 125 cm³/mol. The van der Waals surface area contributed by atoms with Crippen LogP contribution in [0.15, 0.2) is 16.7 Å². The number of phenolic OH excluding ortho intramolecular Hbond substituents is 2. The molecule has 1 saturated heterocycles. The number of carbonyl (C=O) groups is 2. The van der Waals surface area contributed by atoms with E-state index in [1.54, 1.807) is 13.0 Å². The molecule has 0 aliphatic carbocycles. The van der Waals surface area contributed by atoms with Gasteiger partial charge in [0.05, 0.1) is 5.56 Å². The van der Waals surface area contributed by atoms with Crippen LogP contribution in [-0.4, -0.2) is 83.3 Å². The Hall–Kier alpha value is -3.11. The van der Waals surface area contributed by atoms with Gasteiger partial charge >= 0.3 is 0 Å². The van der Waals surface area contributed by atoms with E-state index in [9.17, 15) is 19.8 Å². The molecule has 3 rings (SSSR count). The van der Waals surface area contributed by atoms with Crippen LogP contribution in [-0.2, 0) is 4.79 Å². The van der Waals surface area contributed by atoms with Gasteiger partial charge < -0.3 is 35.2 Å². The maximum atomic E-state index is 12.8. The summed E-state index contributed by atoms with van der Waals surface area (Å²) in [5, 5.41) is 29.9. The van der Waals surface area contributed by atoms with Crippen LogP contribution in [0, 0.1) is 0 Å². The van der Waals surface area contributed by atoms with Crippen LogP contribution in [0.4, 0.5) is 5.69 Å². The van der Waals surface area contributed by atoms with Gasteiger partial charge in [-0.05, 0) is 31.5 Å². The second-order valence-electron chi connectivity index (χ2n) is 8.62. The number of amides is 2. The van der Waals surface area contributed by atoms with Gasteiger partial charge in [0.2, 0.25) is 5.91 Å². The first-order valence-corrected chi connectivity index (χ1v) is 11.3. The summed E-state index contributed by atoms with van der Waals surface area (Å²) in [4.78, 5) is 29.8. The number of nitrogens with one attached hydrogen (secondary N) is 2. The Morgan fingerprint density at radius 2 is 1.85 bits per heavy atom. The minimum atomic E-state index is -0.496. The van der Waals surface area contributed by atoms with E-state index in [-0.39, 0.29) is 52.4 Å². The summed E-state index contributed by atoms with van der Waals surface area (Å²) in [6.45, 7) is 10.2. The lowest BCUT2D eigenvalue weighted by atomic mass is 9.97. The zero-order chi connectivity index (χ0) is 24.1. The first kappa shape index (κ1) is 24.5. The van der Waals surface area contributed by atoms with Gasteiger partial charge in [-0.15, -0.1) is 0 Å². The lowest BCUT2D eigenvalue weighted by molar-refractivity contribution is -0.116. The highest BCUT2D eigenvalue weighted by atomic mass is 16.5. The first-order chi connectivity index (χ1) is 15.7. The Morgan fingerprint density at radius 1 is 1.15 bits per heavy atom. The third-order valence-corrected chi connectivity index (χ3v) is 5.77. The fraction of sp³-hybridized carbons (Fsp3) is 0.522. The number of phenols is 2. The standard InChI is InChI=1S/C23H33N5O5/c1-5-24-23(32)21-20(25-19(31)6-7-28-10-8-27(4)9-11-28)22(33-26-21)16-12-15(14(2)3)17(29)13-18(16)30/h12-14,29-30H,5-11H2,1-4H3,(H,24,32)(H,25,31). The number of hydrogen-bond donors (Lipinski definition) is 4. The van der Waals surface area contributed by atoms with Crippen molar-refractivity contribution < 1.29 is 24.3 Å². The number of aromatic nitrogens is 1. The molecule has 0 spiro atoms. The van der Waals surface area contributed by atoms with Gasteiger partial charge in [-0.1, -0.05) is 19.0 Å². The molecular weight excluding hydrogens is 426 g/mol. The van der Waals surface area contributed by atoms with Gasteiger partial charge in [-0.3, -0.25) is 9.59 Å². The molecule has 10 nitrogen and oxygen atoms in total. The Bertz CT molecular complexity index is 995. The molecule has 0 radical (unpaired) electrons. The zero-order valence-electron chi connectivity index (χ0n) is 19.6. The van der Waals surface area contributed by atoms with Gasteiger partial charge in [0, 0.05) is 51.8 Å². The number of rotatable bonds is 8. The number of nitrogens with zero attached hydrogens (tertiary/aromatic N) is 3. The van der Waals surface area contributed by atoms with Crippen molar-refractivity contribution >= 4 is 17.5 Å². The van der Waals surface area contributed by atoms with Gasteiger partial charge in [-0.25, -0.2) is 0 Å². The van der Waals surface area contributed by atoms with E-state index in [0.29, 0.717) is 18.7 Å². The number of aromatic hydroxyl groups is 2. The van der Waals surface area contributed by atoms with E-state index >= 15 is 0 Å². The summed E-state index contributed by atoms with van der Waals surface area (Å²) in [7, 11) is 2.07. The van der Waals surface area contributed by atoms with Crippen molar-refractivity contribution in [1.82, 2.24) is 20.3 Å². The maximum Gasteiger partial charge on any atom is 0.275 e. The van der Waals surface area contributed by atoms with Gasteiger partial charge in [-0.2, -0.15) is 0 Å². The van der Waals surface area contributed by atoms with Crippen LogP contribution in [0.25, 0.3) is 11.3 Å². The third-order valence-electron chi connectivity index (χ3n) is 5.77. The number of hydrogen-bond acceptors (Lipinski definition) is 8. The first-order valence-electron chi connectivity index (χ1n) is 11.3. The minimum Gasteiger partial charge on any atom is -0.508 e. The average Bonchev–Trinajstić information content (AvgIpc) is 3.16. The SMILES string of the molecule is CCNC(=O)c1noc(-c2cc(C(C)C)c(O)cc2O)c1NC(=O)CCN1CCN(C)CC1. The molecular formula is C23H33N5O5. The second-order valence-corrected chi connectivity index (χ2v) is 8.62. The highest BCUT2D eigenvalue weighted by Gasteiger charge is 2.27. The summed E-state index contributed by atoms with van der Waals surface area (Å²) >= 11 is 0. The van der Waals surface area contributed by atoms with E-state index in [1.807, 2.05) is 13.8 Å². The molecule has 4 N–H and O–H groups in total. The molecule has 0 atom stereocenters. The lowest BCUT2D eigenvalue weighted by Crippen LogP contribution is -2.45. The number of piperazine rings is 1. The van der Waals surface area contributed by atoms with Crippen molar-refractivity contribution in [3.63, 3.8) is 0 Å². The molecule has 1 aliphatic rings. The Balaban J connectivity index is 1.88. The van der Waals surface area contributed by atoms with Crippen LogP contribution in [0.1, 0.15) is 49.2 Å². The molecule has 2 aromatic rings. The smallest absolute Gasteiger partial charge is 0.275 e. The van der Waals surface area contributed by atoms with E-state index in [2.05, 4.69) is 32.6 Å². The Kier molecular flexibility index (Phi) is 7.93. The van der Waals surface area contributed by atoms with E-state index in [0.717, 1.165) is 26.2 Å². The largest absolute Gasteiger partial charge is 0.508 e. The summed E-state index contributed by atoms with van der Waals surface area (Å²) in [6, 6.07) is 2.80. The van der Waals surface area contributed by atoms with E-state index < -0.39 is 5.91 Å². The highest BCUT2D eigenvalue weighted by molar-refractivity contribution is 6.05. The molecule has 1 fully saturated rings. The van der Waals surface area contributed by atoms with Crippen LogP contribution in [0.3, 0.4) is 0 Å². The highest BCUT2D eigenvalue weighted by Crippen LogP contribution is 2.41. The molecule has 1 aliphatic heterocycles. The predicted octanol–water partition coefficient (Wildman–Crippen LogP) is 2.20. The van der Waals surface area contributed by atoms with Gasteiger partial charge in [0.1, 0.15) is 17.2 Å². The summed E-state index contributed by atoms with van der Waals surface area (Å²) in [5.41, 5.74) is 0.846. The van der Waals surface area contributed by atoms with Crippen molar-refractivity contribution in [1.29, 1.82) is 0 Å². The summed E-state index contributed by atoms with van der Waals surface area (Å²) < 4.78 is 5.43. The summed E-state index contributed by atoms with van der Waals surface area (Å²) in [6.07, 6.45) is 0.238. The molecule has 0 saturated carbocycles. The van der Waals surface area contributed by atoms with E-state index in [1.165, 1.54) is 6.07 Å². The topological polar surface area (TPSA) is 131 Å². The number of likely N-dealkylation sites (N-methyl/N-ethyl adjacent to an activating group) is 1. The monoisotopic (exact) mass is 459 g/mol. The Labute approximate surface area is 193 Å². The maximum absolute atomic E-state index is 12.8. The second kappa shape index (κ2) is 10.7. The quantitative estimate of drug-likeness (QED) is 0.473. The molecule has 180 valence electrons. The normalized spacial score (nSPS) is 15.1. The number of carbonyl (C=O) groups excluding carboxylic acids is 2. The molecule has 33 heavy (non-hydrogen) atoms. The van der Waals surface area contributed by atoms with Crippen LogP contribution in [0.5, 0.6) is 11.5 Å². The third kappa shape index (κ3) is 5.82. The minimum absolute atomic E-state index is 0.0308. The number of benzene rings is 1. The fourth-order valence-corrected chi connectivity index (χ4v) is 3.76. The average molecular weight is 460 g/mol. The molecule has 1 aromatic heterocycles. The molecule has 2 amide bonds. The van der Waals surface area contributed by atoms with E-state index in [4.69, 9.17) is 4.52 Å². The number of anilines is 1. The zero-order valence-corrected chi connectivity index (χ0v) is 19.6. The van der Waals surface area contributed by atoms with Crippen LogP contribution < -0.4 is 10.6 Å². The molecule has 10 heteroatoms. The fourth-order valence-electron chi connectivity index (χ4n) is 3.76.